The van der Waals surface area contributed by atoms with Crippen molar-refractivity contribution >= 4 is 32.0 Å². The molecule has 0 atom stereocenters. The summed E-state index contributed by atoms with van der Waals surface area (Å²) in [7, 11) is -1.80. The minimum Gasteiger partial charge on any atom is -0.497 e. The predicted molar refractivity (Wildman–Crippen MR) is 106 cm³/mol. The summed E-state index contributed by atoms with van der Waals surface area (Å²) in [6.45, 7) is 3.55. The summed E-state index contributed by atoms with van der Waals surface area (Å²) in [6.07, 6.45) is 1.66. The molecule has 0 unspecified atom stereocenters. The van der Waals surface area contributed by atoms with Crippen LogP contribution in [0.15, 0.2) is 54.2 Å². The van der Waals surface area contributed by atoms with Gasteiger partial charge in [0, 0.05) is 23.0 Å². The van der Waals surface area contributed by atoms with E-state index in [1.807, 2.05) is 6.07 Å². The van der Waals surface area contributed by atoms with Gasteiger partial charge in [-0.3, -0.25) is 0 Å². The van der Waals surface area contributed by atoms with Crippen LogP contribution >= 0.6 is 0 Å². The number of ether oxygens (including phenoxy) is 1. The van der Waals surface area contributed by atoms with Crippen LogP contribution in [0.25, 0.3) is 6.08 Å². The number of benzene rings is 2. The first-order valence-corrected chi connectivity index (χ1v) is 10.3. The Morgan fingerprint density at radius 3 is 2.31 bits per heavy atom. The zero-order valence-corrected chi connectivity index (χ0v) is 16.1. The Kier molecular flexibility index (Phi) is 6.56. The number of carbonyl (C=O) groups excluding carboxylic acids is 1. The van der Waals surface area contributed by atoms with Crippen LogP contribution in [0.2, 0.25) is 5.54 Å². The quantitative estimate of drug-likeness (QED) is 0.582. The summed E-state index contributed by atoms with van der Waals surface area (Å²) in [5.41, 5.74) is 3.25. The molecule has 0 aliphatic carbocycles. The van der Waals surface area contributed by atoms with Gasteiger partial charge in [-0.15, -0.1) is 0 Å². The van der Waals surface area contributed by atoms with E-state index in [1.165, 1.54) is 5.70 Å². The van der Waals surface area contributed by atoms with Crippen molar-refractivity contribution in [2.75, 3.05) is 17.7 Å². The lowest BCUT2D eigenvalue weighted by Gasteiger charge is -2.17. The van der Waals surface area contributed by atoms with Gasteiger partial charge >= 0.3 is 14.6 Å². The van der Waals surface area contributed by atoms with Crippen LogP contribution in [0.4, 0.5) is 16.2 Å². The van der Waals surface area contributed by atoms with Gasteiger partial charge in [-0.1, -0.05) is 38.1 Å². The fourth-order valence-corrected chi connectivity index (χ4v) is 2.95. The second kappa shape index (κ2) is 8.66. The highest BCUT2D eigenvalue weighted by molar-refractivity contribution is 6.72. The van der Waals surface area contributed by atoms with Gasteiger partial charge in [0.05, 0.1) is 7.11 Å². The van der Waals surface area contributed by atoms with Crippen LogP contribution in [0, 0.1) is 0 Å². The fraction of sp³-hybridized carbons (Fsp3) is 0.211. The monoisotopic (exact) mass is 372 g/mol. The maximum absolute atomic E-state index is 12.1. The second-order valence-corrected chi connectivity index (χ2v) is 9.26. The molecule has 0 heterocycles. The van der Waals surface area contributed by atoms with E-state index in [0.717, 1.165) is 5.56 Å². The molecule has 0 saturated carbocycles. The number of amides is 2. The van der Waals surface area contributed by atoms with Crippen molar-refractivity contribution in [3.8, 4) is 5.75 Å². The molecule has 6 nitrogen and oxygen atoms in total. The van der Waals surface area contributed by atoms with Gasteiger partial charge in [-0.2, -0.15) is 0 Å². The molecule has 0 saturated heterocycles. The van der Waals surface area contributed by atoms with Crippen molar-refractivity contribution in [3.05, 3.63) is 59.8 Å². The summed E-state index contributed by atoms with van der Waals surface area (Å²) in [5.74, 6) is 0.653. The molecule has 2 aromatic carbocycles. The number of methoxy groups -OCH3 is 1. The molecule has 0 spiro atoms. The van der Waals surface area contributed by atoms with E-state index in [0.29, 0.717) is 17.1 Å². The molecule has 0 radical (unpaired) electrons. The normalized spacial score (nSPS) is 11.6. The Bertz CT molecular complexity index is 791. The molecule has 0 aliphatic heterocycles. The van der Waals surface area contributed by atoms with Gasteiger partial charge in [-0.05, 0) is 35.5 Å². The van der Waals surface area contributed by atoms with E-state index < -0.39 is 8.56 Å². The van der Waals surface area contributed by atoms with Crippen molar-refractivity contribution in [1.82, 2.24) is 0 Å². The molecule has 26 heavy (non-hydrogen) atoms. The first-order valence-electron chi connectivity index (χ1n) is 8.26. The first kappa shape index (κ1) is 19.7. The zero-order valence-electron chi connectivity index (χ0n) is 15.1. The molecule has 0 aliphatic rings. The van der Waals surface area contributed by atoms with Crippen molar-refractivity contribution in [2.45, 2.75) is 19.4 Å². The Labute approximate surface area is 154 Å². The molecule has 7 heteroatoms. The van der Waals surface area contributed by atoms with E-state index in [4.69, 9.17) is 4.74 Å². The molecule has 0 aromatic heterocycles. The van der Waals surface area contributed by atoms with Gasteiger partial charge in [0.1, 0.15) is 5.75 Å². The Morgan fingerprint density at radius 2 is 1.69 bits per heavy atom. The summed E-state index contributed by atoms with van der Waals surface area (Å²) < 4.78 is 5.12. The minimum atomic E-state index is -3.37. The van der Waals surface area contributed by atoms with Crippen LogP contribution in [-0.2, 0) is 0 Å². The molecule has 0 bridgehead atoms. The van der Waals surface area contributed by atoms with Crippen molar-refractivity contribution < 1.29 is 19.1 Å². The summed E-state index contributed by atoms with van der Waals surface area (Å²) in [5, 5.41) is 5.48. The summed E-state index contributed by atoms with van der Waals surface area (Å²) in [4.78, 5) is 32.1. The average Bonchev–Trinajstić information content (AvgIpc) is 2.60. The lowest BCUT2D eigenvalue weighted by Crippen LogP contribution is -2.35. The maximum atomic E-state index is 12.1. The van der Waals surface area contributed by atoms with Crippen LogP contribution in [0.3, 0.4) is 0 Å². The first-order chi connectivity index (χ1) is 12.3. The number of hydrogen-bond acceptors (Lipinski definition) is 4. The van der Waals surface area contributed by atoms with Crippen molar-refractivity contribution in [1.29, 1.82) is 0 Å². The third kappa shape index (κ3) is 5.73. The van der Waals surface area contributed by atoms with Crippen LogP contribution < -0.4 is 15.4 Å². The average molecular weight is 372 g/mol. The van der Waals surface area contributed by atoms with Crippen LogP contribution in [0.1, 0.15) is 19.4 Å². The highest BCUT2D eigenvalue weighted by Gasteiger charge is 2.29. The van der Waals surface area contributed by atoms with Crippen molar-refractivity contribution in [3.63, 3.8) is 0 Å². The fourth-order valence-electron chi connectivity index (χ4n) is 2.13. The molecular weight excluding hydrogens is 348 g/mol. The van der Waals surface area contributed by atoms with E-state index >= 15 is 0 Å². The van der Waals surface area contributed by atoms with E-state index in [-0.39, 0.29) is 11.6 Å². The lowest BCUT2D eigenvalue weighted by atomic mass is 10.2. The topological polar surface area (TPSA) is 90.8 Å². The number of carbonyl (C=O) groups is 1. The minimum absolute atomic E-state index is 0.200. The zero-order chi connectivity index (χ0) is 19.2. The predicted octanol–water partition coefficient (Wildman–Crippen LogP) is 3.73. The van der Waals surface area contributed by atoms with E-state index in [1.54, 1.807) is 69.5 Å². The number of hydrogen-bond donors (Lipinski definition) is 4. The van der Waals surface area contributed by atoms with Gasteiger partial charge in [-0.25, -0.2) is 4.79 Å². The van der Waals surface area contributed by atoms with Crippen LogP contribution in [-0.4, -0.2) is 31.3 Å². The number of rotatable bonds is 6. The third-order valence-electron chi connectivity index (χ3n) is 3.84. The Balaban J connectivity index is 2.03. The van der Waals surface area contributed by atoms with Gasteiger partial charge in [0.15, 0.2) is 0 Å². The molecular formula is C19H24N2O4Si. The van der Waals surface area contributed by atoms with Gasteiger partial charge < -0.3 is 25.0 Å². The number of nitrogens with one attached hydrogen (secondary N) is 2. The number of urea groups is 1. The Hall–Kier alpha value is -2.61. The molecule has 138 valence electrons. The molecule has 0 fully saturated rings. The standard InChI is InChI=1S/C19H24N2O4Si/c1-14(2)26(23,24)11-10-15-6-4-7-16(12-15)20-19(22)21-17-8-5-9-18(13-17)25-3/h4-14,23-24H,1-3H3,(H2,20,21,22)/b11-10+. The molecule has 4 N–H and O–H groups in total. The van der Waals surface area contributed by atoms with Crippen LogP contribution in [0.5, 0.6) is 5.75 Å². The molecule has 2 amide bonds. The van der Waals surface area contributed by atoms with E-state index in [9.17, 15) is 14.4 Å². The van der Waals surface area contributed by atoms with Gasteiger partial charge in [0.2, 0.25) is 0 Å². The maximum Gasteiger partial charge on any atom is 0.362 e. The van der Waals surface area contributed by atoms with E-state index in [2.05, 4.69) is 10.6 Å². The van der Waals surface area contributed by atoms with Crippen molar-refractivity contribution in [2.24, 2.45) is 0 Å². The number of anilines is 2. The smallest absolute Gasteiger partial charge is 0.362 e. The molecule has 2 aromatic rings. The Morgan fingerprint density at radius 1 is 1.08 bits per heavy atom. The summed E-state index contributed by atoms with van der Waals surface area (Å²) >= 11 is 0. The third-order valence-corrected chi connectivity index (χ3v) is 6.20. The summed E-state index contributed by atoms with van der Waals surface area (Å²) in [6, 6.07) is 13.8. The second-order valence-electron chi connectivity index (χ2n) is 6.21. The SMILES string of the molecule is COc1cccc(NC(=O)Nc2cccc(/C=C/[Si](O)(O)C(C)C)c2)c1. The highest BCUT2D eigenvalue weighted by Crippen LogP contribution is 2.19. The largest absolute Gasteiger partial charge is 0.497 e. The highest BCUT2D eigenvalue weighted by atomic mass is 28.4. The van der Waals surface area contributed by atoms with Gasteiger partial charge in [0.25, 0.3) is 0 Å². The molecule has 2 rings (SSSR count). The lowest BCUT2D eigenvalue weighted by molar-refractivity contribution is 0.262.